The van der Waals surface area contributed by atoms with Crippen LogP contribution in [0.3, 0.4) is 0 Å². The van der Waals surface area contributed by atoms with E-state index in [1.807, 2.05) is 56.3 Å². The van der Waals surface area contributed by atoms with Gasteiger partial charge < -0.3 is 10.2 Å². The molecule has 1 N–H and O–H groups in total. The minimum Gasteiger partial charge on any atom is -0.352 e. The Balaban J connectivity index is 2.07. The molecule has 0 radical (unpaired) electrons. The van der Waals surface area contributed by atoms with Crippen molar-refractivity contribution >= 4 is 51.1 Å². The Morgan fingerprint density at radius 1 is 1.10 bits per heavy atom. The van der Waals surface area contributed by atoms with Crippen LogP contribution in [-0.4, -0.2) is 34.6 Å². The molecule has 0 heterocycles. The zero-order valence-electron chi connectivity index (χ0n) is 16.8. The van der Waals surface area contributed by atoms with E-state index in [1.165, 1.54) is 11.8 Å². The summed E-state index contributed by atoms with van der Waals surface area (Å²) < 4.78 is 1.03. The molecular weight excluding hydrogens is 472 g/mol. The number of rotatable bonds is 9. The van der Waals surface area contributed by atoms with E-state index in [2.05, 4.69) is 21.2 Å². The van der Waals surface area contributed by atoms with Crippen LogP contribution in [0.4, 0.5) is 0 Å². The van der Waals surface area contributed by atoms with Crippen molar-refractivity contribution in [1.29, 1.82) is 0 Å². The smallest absolute Gasteiger partial charge is 0.242 e. The van der Waals surface area contributed by atoms with Gasteiger partial charge in [0.15, 0.2) is 0 Å². The lowest BCUT2D eigenvalue weighted by molar-refractivity contribution is -0.138. The standard InChI is InChI=1S/C22H26BrClN2O2S/c1-15(2)25-22(28)16(3)26(12-18-6-4-5-7-20(18)24)21(27)14-29-13-17-8-10-19(23)11-9-17/h4-11,15-16H,12-14H2,1-3H3,(H,25,28)/t16-/m0/s1. The van der Waals surface area contributed by atoms with Crippen molar-refractivity contribution in [3.63, 3.8) is 0 Å². The molecule has 29 heavy (non-hydrogen) atoms. The van der Waals surface area contributed by atoms with Crippen LogP contribution in [-0.2, 0) is 21.9 Å². The first-order chi connectivity index (χ1) is 13.8. The molecule has 0 aliphatic heterocycles. The molecule has 0 saturated heterocycles. The second-order valence-electron chi connectivity index (χ2n) is 7.07. The largest absolute Gasteiger partial charge is 0.352 e. The first-order valence-corrected chi connectivity index (χ1v) is 11.8. The van der Waals surface area contributed by atoms with Gasteiger partial charge in [-0.15, -0.1) is 11.8 Å². The Kier molecular flexibility index (Phi) is 9.53. The molecule has 156 valence electrons. The third-order valence-electron chi connectivity index (χ3n) is 4.30. The maximum Gasteiger partial charge on any atom is 0.242 e. The molecule has 0 fully saturated rings. The van der Waals surface area contributed by atoms with E-state index >= 15 is 0 Å². The van der Waals surface area contributed by atoms with E-state index in [4.69, 9.17) is 11.6 Å². The number of hydrogen-bond donors (Lipinski definition) is 1. The van der Waals surface area contributed by atoms with E-state index in [1.54, 1.807) is 17.9 Å². The molecule has 0 saturated carbocycles. The third kappa shape index (κ3) is 7.68. The van der Waals surface area contributed by atoms with Crippen LogP contribution in [0.2, 0.25) is 5.02 Å². The second kappa shape index (κ2) is 11.6. The average Bonchev–Trinajstić information content (AvgIpc) is 2.67. The summed E-state index contributed by atoms with van der Waals surface area (Å²) in [7, 11) is 0. The quantitative estimate of drug-likeness (QED) is 0.513. The Hall–Kier alpha value is -1.50. The summed E-state index contributed by atoms with van der Waals surface area (Å²) in [5.74, 6) is 0.766. The van der Waals surface area contributed by atoms with Gasteiger partial charge in [-0.2, -0.15) is 0 Å². The summed E-state index contributed by atoms with van der Waals surface area (Å²) >= 11 is 11.2. The fourth-order valence-corrected chi connectivity index (χ4v) is 4.05. The third-order valence-corrected chi connectivity index (χ3v) is 6.19. The summed E-state index contributed by atoms with van der Waals surface area (Å²) in [6.07, 6.45) is 0. The van der Waals surface area contributed by atoms with Crippen LogP contribution in [0.25, 0.3) is 0 Å². The van der Waals surface area contributed by atoms with Crippen molar-refractivity contribution in [2.24, 2.45) is 0 Å². The SMILES string of the molecule is CC(C)NC(=O)[C@H](C)N(Cc1ccccc1Cl)C(=O)CSCc1ccc(Br)cc1. The zero-order valence-corrected chi connectivity index (χ0v) is 20.0. The predicted octanol–water partition coefficient (Wildman–Crippen LogP) is 5.28. The van der Waals surface area contributed by atoms with Gasteiger partial charge in [0.1, 0.15) is 6.04 Å². The van der Waals surface area contributed by atoms with Crippen molar-refractivity contribution in [3.05, 3.63) is 69.2 Å². The van der Waals surface area contributed by atoms with Gasteiger partial charge in [0.25, 0.3) is 0 Å². The molecule has 0 aliphatic rings. The number of nitrogens with zero attached hydrogens (tertiary/aromatic N) is 1. The lowest BCUT2D eigenvalue weighted by Crippen LogP contribution is -2.49. The molecule has 7 heteroatoms. The highest BCUT2D eigenvalue weighted by molar-refractivity contribution is 9.10. The molecular formula is C22H26BrClN2O2S. The van der Waals surface area contributed by atoms with Crippen molar-refractivity contribution in [1.82, 2.24) is 10.2 Å². The molecule has 0 unspecified atom stereocenters. The molecule has 2 amide bonds. The van der Waals surface area contributed by atoms with E-state index in [0.717, 1.165) is 21.4 Å². The number of benzene rings is 2. The Morgan fingerprint density at radius 3 is 2.38 bits per heavy atom. The van der Waals surface area contributed by atoms with E-state index in [0.29, 0.717) is 17.3 Å². The van der Waals surface area contributed by atoms with Gasteiger partial charge >= 0.3 is 0 Å². The maximum atomic E-state index is 13.0. The van der Waals surface area contributed by atoms with Crippen molar-refractivity contribution in [2.45, 2.75) is 45.2 Å². The Labute approximate surface area is 190 Å². The molecule has 0 aliphatic carbocycles. The number of carbonyl (C=O) groups is 2. The highest BCUT2D eigenvalue weighted by Gasteiger charge is 2.26. The number of thioether (sulfide) groups is 1. The fourth-order valence-electron chi connectivity index (χ4n) is 2.72. The fraction of sp³-hybridized carbons (Fsp3) is 0.364. The number of carbonyl (C=O) groups excluding carboxylic acids is 2. The van der Waals surface area contributed by atoms with Gasteiger partial charge in [0, 0.05) is 27.8 Å². The first-order valence-electron chi connectivity index (χ1n) is 9.43. The maximum absolute atomic E-state index is 13.0. The number of hydrogen-bond acceptors (Lipinski definition) is 3. The first kappa shape index (κ1) is 23.8. The van der Waals surface area contributed by atoms with Crippen LogP contribution in [0.5, 0.6) is 0 Å². The van der Waals surface area contributed by atoms with Crippen LogP contribution in [0.1, 0.15) is 31.9 Å². The lowest BCUT2D eigenvalue weighted by atomic mass is 10.1. The van der Waals surface area contributed by atoms with E-state index in [-0.39, 0.29) is 17.9 Å². The highest BCUT2D eigenvalue weighted by Crippen LogP contribution is 2.21. The van der Waals surface area contributed by atoms with Crippen molar-refractivity contribution in [2.75, 3.05) is 5.75 Å². The van der Waals surface area contributed by atoms with Crippen LogP contribution in [0, 0.1) is 0 Å². The molecule has 0 bridgehead atoms. The lowest BCUT2D eigenvalue weighted by Gasteiger charge is -2.29. The van der Waals surface area contributed by atoms with Gasteiger partial charge in [-0.25, -0.2) is 0 Å². The number of nitrogens with one attached hydrogen (secondary N) is 1. The van der Waals surface area contributed by atoms with Crippen molar-refractivity contribution in [3.8, 4) is 0 Å². The monoisotopic (exact) mass is 496 g/mol. The van der Waals surface area contributed by atoms with Gasteiger partial charge in [-0.1, -0.05) is 57.9 Å². The summed E-state index contributed by atoms with van der Waals surface area (Å²) in [6, 6.07) is 14.9. The molecule has 1 atom stereocenters. The minimum atomic E-state index is -0.588. The Bertz CT molecular complexity index is 830. The normalized spacial score (nSPS) is 11.9. The van der Waals surface area contributed by atoms with E-state index in [9.17, 15) is 9.59 Å². The zero-order chi connectivity index (χ0) is 21.4. The van der Waals surface area contributed by atoms with Gasteiger partial charge in [-0.05, 0) is 50.1 Å². The van der Waals surface area contributed by atoms with Crippen LogP contribution < -0.4 is 5.32 Å². The second-order valence-corrected chi connectivity index (χ2v) is 9.38. The topological polar surface area (TPSA) is 49.4 Å². The summed E-state index contributed by atoms with van der Waals surface area (Å²) in [5.41, 5.74) is 1.97. The summed E-state index contributed by atoms with van der Waals surface area (Å²) in [4.78, 5) is 27.2. The number of halogens is 2. The van der Waals surface area contributed by atoms with Crippen molar-refractivity contribution < 1.29 is 9.59 Å². The molecule has 2 aromatic rings. The van der Waals surface area contributed by atoms with Gasteiger partial charge in [-0.3, -0.25) is 9.59 Å². The number of amides is 2. The van der Waals surface area contributed by atoms with Crippen LogP contribution >= 0.6 is 39.3 Å². The molecule has 2 aromatic carbocycles. The molecule has 4 nitrogen and oxygen atoms in total. The predicted molar refractivity (Wildman–Crippen MR) is 125 cm³/mol. The summed E-state index contributed by atoms with van der Waals surface area (Å²) in [6.45, 7) is 5.85. The highest BCUT2D eigenvalue weighted by atomic mass is 79.9. The summed E-state index contributed by atoms with van der Waals surface area (Å²) in [5, 5.41) is 3.48. The Morgan fingerprint density at radius 2 is 1.76 bits per heavy atom. The van der Waals surface area contributed by atoms with Gasteiger partial charge in [0.2, 0.25) is 11.8 Å². The minimum absolute atomic E-state index is 0.00833. The average molecular weight is 498 g/mol. The van der Waals surface area contributed by atoms with Crippen LogP contribution in [0.15, 0.2) is 53.0 Å². The molecule has 0 aromatic heterocycles. The molecule has 0 spiro atoms. The molecule has 2 rings (SSSR count). The van der Waals surface area contributed by atoms with Gasteiger partial charge in [0.05, 0.1) is 5.75 Å². The van der Waals surface area contributed by atoms with E-state index < -0.39 is 6.04 Å².